The van der Waals surface area contributed by atoms with Gasteiger partial charge in [0.25, 0.3) is 0 Å². The average Bonchev–Trinajstić information content (AvgIpc) is 2.25. The topological polar surface area (TPSA) is 42.1 Å². The summed E-state index contributed by atoms with van der Waals surface area (Å²) in [6, 6.07) is 3.58. The smallest absolute Gasteiger partial charge is 0.190 e. The summed E-state index contributed by atoms with van der Waals surface area (Å²) < 4.78 is 6.03. The van der Waals surface area contributed by atoms with Crippen molar-refractivity contribution < 1.29 is 4.74 Å². The zero-order valence-corrected chi connectivity index (χ0v) is 11.6. The van der Waals surface area contributed by atoms with Gasteiger partial charge in [-0.1, -0.05) is 15.9 Å². The molecule has 0 amide bonds. The Balaban J connectivity index is 2.82. The van der Waals surface area contributed by atoms with Crippen LogP contribution < -0.4 is 5.43 Å². The van der Waals surface area contributed by atoms with Crippen molar-refractivity contribution in [1.82, 2.24) is 4.98 Å². The number of benzene rings is 1. The molecule has 0 bridgehead atoms. The molecule has 1 aromatic carbocycles. The summed E-state index contributed by atoms with van der Waals surface area (Å²) in [6.07, 6.45) is 0. The van der Waals surface area contributed by atoms with Gasteiger partial charge in [0.15, 0.2) is 5.43 Å². The van der Waals surface area contributed by atoms with Gasteiger partial charge in [0.1, 0.15) is 0 Å². The molecule has 0 saturated heterocycles. The number of methoxy groups -OCH3 is 1. The first-order valence-electron chi connectivity index (χ1n) is 5.35. The first-order chi connectivity index (χ1) is 8.04. The predicted octanol–water partition coefficient (Wildman–Crippen LogP) is 3.05. The summed E-state index contributed by atoms with van der Waals surface area (Å²) in [7, 11) is 1.61. The van der Waals surface area contributed by atoms with Gasteiger partial charge in [-0.15, -0.1) is 0 Å². The number of aromatic nitrogens is 1. The molecule has 1 N–H and O–H groups in total. The molecule has 17 heavy (non-hydrogen) atoms. The minimum Gasteiger partial charge on any atom is -0.378 e. The van der Waals surface area contributed by atoms with Crippen LogP contribution in [0.5, 0.6) is 0 Å². The summed E-state index contributed by atoms with van der Waals surface area (Å²) in [5.74, 6) is 0. The van der Waals surface area contributed by atoms with Crippen molar-refractivity contribution >= 4 is 26.8 Å². The highest BCUT2D eigenvalue weighted by molar-refractivity contribution is 9.10. The number of hydrogen-bond donors (Lipinski definition) is 1. The number of rotatable bonds is 2. The molecular formula is C13H14BrNO2. The summed E-state index contributed by atoms with van der Waals surface area (Å²) in [5, 5.41) is 0.738. The van der Waals surface area contributed by atoms with Crippen LogP contribution in [-0.4, -0.2) is 12.1 Å². The number of hydrogen-bond acceptors (Lipinski definition) is 2. The molecule has 4 heteroatoms. The van der Waals surface area contributed by atoms with E-state index in [0.717, 1.165) is 32.2 Å². The third-order valence-corrected chi connectivity index (χ3v) is 4.05. The quantitative estimate of drug-likeness (QED) is 0.925. The summed E-state index contributed by atoms with van der Waals surface area (Å²) in [6.45, 7) is 4.38. The average molecular weight is 296 g/mol. The molecule has 0 atom stereocenters. The molecule has 0 aliphatic heterocycles. The van der Waals surface area contributed by atoms with Crippen LogP contribution in [0.2, 0.25) is 0 Å². The van der Waals surface area contributed by atoms with Gasteiger partial charge >= 0.3 is 0 Å². The molecule has 2 aromatic rings. The van der Waals surface area contributed by atoms with Gasteiger partial charge in [-0.3, -0.25) is 4.79 Å². The highest BCUT2D eigenvalue weighted by Gasteiger charge is 2.09. The maximum Gasteiger partial charge on any atom is 0.190 e. The first kappa shape index (κ1) is 12.3. The molecule has 0 unspecified atom stereocenters. The van der Waals surface area contributed by atoms with E-state index in [0.29, 0.717) is 6.61 Å². The molecule has 1 aromatic heterocycles. The first-order valence-corrected chi connectivity index (χ1v) is 6.14. The Morgan fingerprint density at radius 2 is 2.06 bits per heavy atom. The van der Waals surface area contributed by atoms with E-state index in [-0.39, 0.29) is 5.43 Å². The zero-order valence-electron chi connectivity index (χ0n) is 10.1. The molecule has 0 saturated carbocycles. The van der Waals surface area contributed by atoms with E-state index >= 15 is 0 Å². The lowest BCUT2D eigenvalue weighted by atomic mass is 10.1. The number of aromatic amines is 1. The van der Waals surface area contributed by atoms with E-state index < -0.39 is 0 Å². The van der Waals surface area contributed by atoms with E-state index in [4.69, 9.17) is 4.74 Å². The second kappa shape index (κ2) is 4.63. The number of nitrogens with one attached hydrogen (secondary N) is 1. The summed E-state index contributed by atoms with van der Waals surface area (Å²) >= 11 is 3.51. The zero-order chi connectivity index (χ0) is 12.6. The number of aryl methyl sites for hydroxylation is 2. The molecule has 1 heterocycles. The minimum atomic E-state index is 0.0315. The molecule has 90 valence electrons. The second-order valence-corrected chi connectivity index (χ2v) is 4.94. The fraction of sp³-hybridized carbons (Fsp3) is 0.308. The summed E-state index contributed by atoms with van der Waals surface area (Å²) in [5.41, 5.74) is 3.78. The van der Waals surface area contributed by atoms with E-state index in [2.05, 4.69) is 20.9 Å². The van der Waals surface area contributed by atoms with Crippen LogP contribution in [-0.2, 0) is 11.3 Å². The van der Waals surface area contributed by atoms with Gasteiger partial charge < -0.3 is 9.72 Å². The lowest BCUT2D eigenvalue weighted by Gasteiger charge is -2.09. The molecule has 2 rings (SSSR count). The lowest BCUT2D eigenvalue weighted by Crippen LogP contribution is -2.08. The molecule has 3 nitrogen and oxygen atoms in total. The normalized spacial score (nSPS) is 11.1. The Bertz CT molecular complexity index is 631. The van der Waals surface area contributed by atoms with Crippen molar-refractivity contribution in [3.63, 3.8) is 0 Å². The predicted molar refractivity (Wildman–Crippen MR) is 72.5 cm³/mol. The maximum atomic E-state index is 12.1. The van der Waals surface area contributed by atoms with Gasteiger partial charge in [0.2, 0.25) is 0 Å². The number of halogens is 1. The van der Waals surface area contributed by atoms with Crippen LogP contribution >= 0.6 is 15.9 Å². The number of pyridine rings is 1. The molecule has 0 aliphatic carbocycles. The van der Waals surface area contributed by atoms with Gasteiger partial charge in [-0.05, 0) is 31.0 Å². The van der Waals surface area contributed by atoms with E-state index in [1.54, 1.807) is 13.2 Å². The van der Waals surface area contributed by atoms with Crippen molar-refractivity contribution in [3.05, 3.63) is 43.6 Å². The number of H-pyrrole nitrogens is 1. The standard InChI is InChI=1S/C13H14BrNO2/c1-7-4-10-12(8(2)13(7)14)11(16)5-9(15-10)6-17-3/h4-5H,6H2,1-3H3,(H,15,16). The Kier molecular flexibility index (Phi) is 3.35. The number of ether oxygens (including phenoxy) is 1. The van der Waals surface area contributed by atoms with Gasteiger partial charge in [0, 0.05) is 28.7 Å². The maximum absolute atomic E-state index is 12.1. The fourth-order valence-corrected chi connectivity index (χ4v) is 2.36. The van der Waals surface area contributed by atoms with Crippen LogP contribution in [0.3, 0.4) is 0 Å². The second-order valence-electron chi connectivity index (χ2n) is 4.15. The fourth-order valence-electron chi connectivity index (χ4n) is 2.05. The highest BCUT2D eigenvalue weighted by Crippen LogP contribution is 2.26. The van der Waals surface area contributed by atoms with Gasteiger partial charge in [-0.2, -0.15) is 0 Å². The van der Waals surface area contributed by atoms with E-state index in [1.807, 2.05) is 19.9 Å². The van der Waals surface area contributed by atoms with Crippen LogP contribution in [0.15, 0.2) is 21.4 Å². The number of fused-ring (bicyclic) bond motifs is 1. The van der Waals surface area contributed by atoms with Crippen LogP contribution in [0.4, 0.5) is 0 Å². The molecule has 0 fully saturated rings. The van der Waals surface area contributed by atoms with Crippen molar-refractivity contribution in [2.24, 2.45) is 0 Å². The third kappa shape index (κ3) is 2.15. The Morgan fingerprint density at radius 1 is 1.35 bits per heavy atom. The Hall–Kier alpha value is -1.13. The molecule has 0 spiro atoms. The monoisotopic (exact) mass is 295 g/mol. The molecule has 0 aliphatic rings. The lowest BCUT2D eigenvalue weighted by molar-refractivity contribution is 0.181. The van der Waals surface area contributed by atoms with Crippen molar-refractivity contribution in [2.45, 2.75) is 20.5 Å². The van der Waals surface area contributed by atoms with Crippen molar-refractivity contribution in [3.8, 4) is 0 Å². The Labute approximate surface area is 108 Å². The van der Waals surface area contributed by atoms with Crippen LogP contribution in [0.1, 0.15) is 16.8 Å². The third-order valence-electron chi connectivity index (χ3n) is 2.83. The minimum absolute atomic E-state index is 0.0315. The largest absolute Gasteiger partial charge is 0.378 e. The Morgan fingerprint density at radius 3 is 2.71 bits per heavy atom. The van der Waals surface area contributed by atoms with Crippen LogP contribution in [0, 0.1) is 13.8 Å². The molecule has 0 radical (unpaired) electrons. The summed E-state index contributed by atoms with van der Waals surface area (Å²) in [4.78, 5) is 15.3. The van der Waals surface area contributed by atoms with Gasteiger partial charge in [-0.25, -0.2) is 0 Å². The van der Waals surface area contributed by atoms with Crippen molar-refractivity contribution in [2.75, 3.05) is 7.11 Å². The molecular weight excluding hydrogens is 282 g/mol. The van der Waals surface area contributed by atoms with Crippen molar-refractivity contribution in [1.29, 1.82) is 0 Å². The van der Waals surface area contributed by atoms with E-state index in [1.165, 1.54) is 0 Å². The SMILES string of the molecule is COCc1cc(=O)c2c(C)c(Br)c(C)cc2[nH]1. The van der Waals surface area contributed by atoms with E-state index in [9.17, 15) is 4.79 Å². The highest BCUT2D eigenvalue weighted by atomic mass is 79.9. The van der Waals surface area contributed by atoms with Gasteiger partial charge in [0.05, 0.1) is 12.1 Å². The van der Waals surface area contributed by atoms with Crippen LogP contribution in [0.25, 0.3) is 10.9 Å².